The molecule has 0 aliphatic heterocycles. The molecule has 0 aliphatic carbocycles. The van der Waals surface area contributed by atoms with E-state index in [1.54, 1.807) is 0 Å². The Balaban J connectivity index is 2.25. The third-order valence-corrected chi connectivity index (χ3v) is 3.29. The first kappa shape index (κ1) is 12.8. The van der Waals surface area contributed by atoms with Gasteiger partial charge in [-0.2, -0.15) is 0 Å². The molecule has 2 aromatic rings. The van der Waals surface area contributed by atoms with E-state index in [9.17, 15) is 4.79 Å². The normalized spacial score (nSPS) is 10.1. The lowest BCUT2D eigenvalue weighted by atomic mass is 10.1. The second-order valence-electron chi connectivity index (χ2n) is 4.16. The summed E-state index contributed by atoms with van der Waals surface area (Å²) in [7, 11) is 1.99. The van der Waals surface area contributed by atoms with E-state index in [0.29, 0.717) is 5.56 Å². The van der Waals surface area contributed by atoms with Crippen molar-refractivity contribution >= 4 is 27.9 Å². The number of aldehydes is 1. The van der Waals surface area contributed by atoms with Crippen LogP contribution in [0.3, 0.4) is 0 Å². The minimum absolute atomic E-state index is 0.705. The van der Waals surface area contributed by atoms with Gasteiger partial charge in [-0.1, -0.05) is 46.3 Å². The molecule has 0 N–H and O–H groups in total. The van der Waals surface area contributed by atoms with Gasteiger partial charge in [0.05, 0.1) is 0 Å². The van der Waals surface area contributed by atoms with Gasteiger partial charge in [-0.15, -0.1) is 0 Å². The Labute approximate surface area is 115 Å². The highest BCUT2D eigenvalue weighted by Crippen LogP contribution is 2.24. The smallest absolute Gasteiger partial charge is 0.152 e. The fraction of sp³-hybridized carbons (Fsp3) is 0.133. The third kappa shape index (κ3) is 2.99. The van der Waals surface area contributed by atoms with E-state index >= 15 is 0 Å². The lowest BCUT2D eigenvalue weighted by Crippen LogP contribution is -2.17. The topological polar surface area (TPSA) is 20.3 Å². The molecule has 18 heavy (non-hydrogen) atoms. The number of rotatable bonds is 4. The SMILES string of the molecule is CN(Cc1ccccc1)c1cc(Br)ccc1C=O. The zero-order chi connectivity index (χ0) is 13.0. The largest absolute Gasteiger partial charge is 0.370 e. The van der Waals surface area contributed by atoms with Gasteiger partial charge in [0, 0.05) is 29.3 Å². The Kier molecular flexibility index (Phi) is 4.15. The Hall–Kier alpha value is -1.61. The average Bonchev–Trinajstić information content (AvgIpc) is 2.40. The highest BCUT2D eigenvalue weighted by Gasteiger charge is 2.08. The zero-order valence-corrected chi connectivity index (χ0v) is 11.7. The molecule has 0 amide bonds. The molecule has 0 aromatic heterocycles. The highest BCUT2D eigenvalue weighted by atomic mass is 79.9. The van der Waals surface area contributed by atoms with Crippen molar-refractivity contribution < 1.29 is 4.79 Å². The molecule has 0 radical (unpaired) electrons. The molecular weight excluding hydrogens is 290 g/mol. The summed E-state index contributed by atoms with van der Waals surface area (Å²) in [5.41, 5.74) is 2.86. The average molecular weight is 304 g/mol. The van der Waals surface area contributed by atoms with Crippen LogP contribution in [0.25, 0.3) is 0 Å². The number of carbonyl (C=O) groups excluding carboxylic acids is 1. The number of carbonyl (C=O) groups is 1. The first-order valence-corrected chi connectivity index (χ1v) is 6.50. The van der Waals surface area contributed by atoms with E-state index in [4.69, 9.17) is 0 Å². The molecule has 0 heterocycles. The lowest BCUT2D eigenvalue weighted by Gasteiger charge is -2.21. The van der Waals surface area contributed by atoms with Crippen LogP contribution in [-0.4, -0.2) is 13.3 Å². The summed E-state index contributed by atoms with van der Waals surface area (Å²) in [5, 5.41) is 0. The summed E-state index contributed by atoms with van der Waals surface area (Å²) in [5.74, 6) is 0. The minimum atomic E-state index is 0.705. The van der Waals surface area contributed by atoms with Gasteiger partial charge in [-0.25, -0.2) is 0 Å². The van der Waals surface area contributed by atoms with Crippen molar-refractivity contribution in [3.05, 3.63) is 64.1 Å². The Bertz CT molecular complexity index is 539. The summed E-state index contributed by atoms with van der Waals surface area (Å²) in [6.07, 6.45) is 0.892. The molecule has 0 unspecified atom stereocenters. The van der Waals surface area contributed by atoms with Crippen molar-refractivity contribution in [2.45, 2.75) is 6.54 Å². The maximum atomic E-state index is 11.1. The first-order chi connectivity index (χ1) is 8.70. The minimum Gasteiger partial charge on any atom is -0.370 e. The Morgan fingerprint density at radius 2 is 1.89 bits per heavy atom. The van der Waals surface area contributed by atoms with Crippen LogP contribution in [0.15, 0.2) is 53.0 Å². The maximum Gasteiger partial charge on any atom is 0.152 e. The number of hydrogen-bond donors (Lipinski definition) is 0. The van der Waals surface area contributed by atoms with Crippen LogP contribution in [0.5, 0.6) is 0 Å². The molecule has 92 valence electrons. The number of halogens is 1. The number of hydrogen-bond acceptors (Lipinski definition) is 2. The quantitative estimate of drug-likeness (QED) is 0.799. The van der Waals surface area contributed by atoms with E-state index in [1.165, 1.54) is 5.56 Å². The van der Waals surface area contributed by atoms with Crippen molar-refractivity contribution in [2.75, 3.05) is 11.9 Å². The molecule has 3 heteroatoms. The van der Waals surface area contributed by atoms with Crippen molar-refractivity contribution in [2.24, 2.45) is 0 Å². The van der Waals surface area contributed by atoms with E-state index in [1.807, 2.05) is 43.4 Å². The highest BCUT2D eigenvalue weighted by molar-refractivity contribution is 9.10. The number of anilines is 1. The molecule has 0 fully saturated rings. The molecule has 2 rings (SSSR count). The van der Waals surface area contributed by atoms with Gasteiger partial charge in [-0.3, -0.25) is 4.79 Å². The number of nitrogens with zero attached hydrogens (tertiary/aromatic N) is 1. The van der Waals surface area contributed by atoms with Crippen LogP contribution in [0.4, 0.5) is 5.69 Å². The van der Waals surface area contributed by atoms with Crippen LogP contribution < -0.4 is 4.90 Å². The summed E-state index contributed by atoms with van der Waals surface area (Å²) >= 11 is 3.44. The fourth-order valence-corrected chi connectivity index (χ4v) is 2.24. The predicted octanol–water partition coefficient (Wildman–Crippen LogP) is 3.90. The molecule has 2 aromatic carbocycles. The standard InChI is InChI=1S/C15H14BrNO/c1-17(10-12-5-3-2-4-6-12)15-9-14(16)8-7-13(15)11-18/h2-9,11H,10H2,1H3. The van der Waals surface area contributed by atoms with Gasteiger partial charge in [0.1, 0.15) is 0 Å². The van der Waals surface area contributed by atoms with Gasteiger partial charge < -0.3 is 4.90 Å². The monoisotopic (exact) mass is 303 g/mol. The van der Waals surface area contributed by atoms with Crippen LogP contribution in [0.1, 0.15) is 15.9 Å². The second-order valence-corrected chi connectivity index (χ2v) is 5.08. The van der Waals surface area contributed by atoms with E-state index in [-0.39, 0.29) is 0 Å². The molecule has 0 saturated heterocycles. The van der Waals surface area contributed by atoms with Crippen molar-refractivity contribution in [1.29, 1.82) is 0 Å². The molecule has 0 bridgehead atoms. The molecule has 0 atom stereocenters. The Morgan fingerprint density at radius 1 is 1.17 bits per heavy atom. The molecule has 0 spiro atoms. The fourth-order valence-electron chi connectivity index (χ4n) is 1.89. The Morgan fingerprint density at radius 3 is 2.56 bits per heavy atom. The first-order valence-electron chi connectivity index (χ1n) is 5.70. The third-order valence-electron chi connectivity index (χ3n) is 2.79. The zero-order valence-electron chi connectivity index (χ0n) is 10.1. The maximum absolute atomic E-state index is 11.1. The summed E-state index contributed by atoms with van der Waals surface area (Å²) in [6, 6.07) is 15.9. The summed E-state index contributed by atoms with van der Waals surface area (Å²) < 4.78 is 0.975. The van der Waals surface area contributed by atoms with E-state index < -0.39 is 0 Å². The van der Waals surface area contributed by atoms with E-state index in [0.717, 1.165) is 23.0 Å². The number of benzene rings is 2. The van der Waals surface area contributed by atoms with Crippen LogP contribution in [-0.2, 0) is 6.54 Å². The molecule has 0 saturated carbocycles. The second kappa shape index (κ2) is 5.83. The van der Waals surface area contributed by atoms with Gasteiger partial charge >= 0.3 is 0 Å². The molecule has 0 aliphatic rings. The summed E-state index contributed by atoms with van der Waals surface area (Å²) in [6.45, 7) is 0.776. The molecule has 2 nitrogen and oxygen atoms in total. The van der Waals surface area contributed by atoms with Gasteiger partial charge in [0.2, 0.25) is 0 Å². The van der Waals surface area contributed by atoms with Crippen molar-refractivity contribution in [1.82, 2.24) is 0 Å². The van der Waals surface area contributed by atoms with Gasteiger partial charge in [0.25, 0.3) is 0 Å². The van der Waals surface area contributed by atoms with Gasteiger partial charge in [-0.05, 0) is 23.8 Å². The van der Waals surface area contributed by atoms with Crippen LogP contribution >= 0.6 is 15.9 Å². The molecular formula is C15H14BrNO. The van der Waals surface area contributed by atoms with Crippen LogP contribution in [0.2, 0.25) is 0 Å². The van der Waals surface area contributed by atoms with Gasteiger partial charge in [0.15, 0.2) is 6.29 Å². The van der Waals surface area contributed by atoms with Crippen molar-refractivity contribution in [3.8, 4) is 0 Å². The predicted molar refractivity (Wildman–Crippen MR) is 78.1 cm³/mol. The summed E-state index contributed by atoms with van der Waals surface area (Å²) in [4.78, 5) is 13.1. The van der Waals surface area contributed by atoms with Crippen LogP contribution in [0, 0.1) is 0 Å². The van der Waals surface area contributed by atoms with Crippen molar-refractivity contribution in [3.63, 3.8) is 0 Å². The van der Waals surface area contributed by atoms with E-state index in [2.05, 4.69) is 33.0 Å². The lowest BCUT2D eigenvalue weighted by molar-refractivity contribution is 0.112.